The van der Waals surface area contributed by atoms with E-state index in [9.17, 15) is 10.1 Å². The number of nitro groups is 1. The maximum absolute atomic E-state index is 11.2. The van der Waals surface area contributed by atoms with E-state index in [-0.39, 0.29) is 22.6 Å². The third-order valence-corrected chi connectivity index (χ3v) is 4.01. The Labute approximate surface area is 113 Å². The molecule has 2 atom stereocenters. The van der Waals surface area contributed by atoms with E-state index in [1.54, 1.807) is 12.1 Å². The average molecular weight is 263 g/mol. The Morgan fingerprint density at radius 2 is 2.16 bits per heavy atom. The second-order valence-electron chi connectivity index (χ2n) is 5.23. The van der Waals surface area contributed by atoms with Gasteiger partial charge in [0.2, 0.25) is 0 Å². The summed E-state index contributed by atoms with van der Waals surface area (Å²) in [5.41, 5.74) is 6.90. The first-order chi connectivity index (χ1) is 9.15. The quantitative estimate of drug-likeness (QED) is 0.671. The molecule has 1 aliphatic rings. The lowest BCUT2D eigenvalue weighted by molar-refractivity contribution is -0.386. The van der Waals surface area contributed by atoms with Crippen LogP contribution >= 0.6 is 0 Å². The lowest BCUT2D eigenvalue weighted by Crippen LogP contribution is -2.33. The molecular formula is C14H21N3O2. The second-order valence-corrected chi connectivity index (χ2v) is 5.23. The molecular weight excluding hydrogens is 242 g/mol. The minimum absolute atomic E-state index is 0.0501. The number of hydrogen-bond donors (Lipinski definition) is 1. The zero-order valence-corrected chi connectivity index (χ0v) is 11.3. The van der Waals surface area contributed by atoms with Gasteiger partial charge in [0.25, 0.3) is 5.69 Å². The van der Waals surface area contributed by atoms with E-state index >= 15 is 0 Å². The molecule has 2 unspecified atom stereocenters. The molecule has 1 aromatic carbocycles. The van der Waals surface area contributed by atoms with Crippen LogP contribution in [0.25, 0.3) is 0 Å². The number of hydrogen-bond acceptors (Lipinski definition) is 4. The number of para-hydroxylation sites is 1. The summed E-state index contributed by atoms with van der Waals surface area (Å²) in [4.78, 5) is 13.1. The Bertz CT molecular complexity index is 450. The van der Waals surface area contributed by atoms with Gasteiger partial charge in [-0.2, -0.15) is 0 Å². The predicted octanol–water partition coefficient (Wildman–Crippen LogP) is 2.33. The molecule has 2 N–H and O–H groups in total. The fourth-order valence-electron chi connectivity index (χ4n) is 3.07. The molecule has 1 aliphatic heterocycles. The summed E-state index contributed by atoms with van der Waals surface area (Å²) < 4.78 is 0. The molecule has 0 amide bonds. The van der Waals surface area contributed by atoms with Crippen molar-refractivity contribution in [2.45, 2.75) is 25.3 Å². The van der Waals surface area contributed by atoms with Crippen molar-refractivity contribution in [1.29, 1.82) is 0 Å². The maximum Gasteiger partial charge on any atom is 0.274 e. The highest BCUT2D eigenvalue weighted by molar-refractivity contribution is 5.42. The standard InChI is InChI=1S/C14H21N3O2/c1-16-9-5-4-6-11(10-15)14(16)12-7-2-3-8-13(12)17(18)19/h2-3,7-8,11,14H,4-6,9-10,15H2,1H3. The van der Waals surface area contributed by atoms with Gasteiger partial charge in [-0.25, -0.2) is 0 Å². The Morgan fingerprint density at radius 3 is 2.84 bits per heavy atom. The minimum Gasteiger partial charge on any atom is -0.330 e. The highest BCUT2D eigenvalue weighted by Gasteiger charge is 2.32. The summed E-state index contributed by atoms with van der Waals surface area (Å²) in [6.07, 6.45) is 3.31. The fourth-order valence-corrected chi connectivity index (χ4v) is 3.07. The van der Waals surface area contributed by atoms with E-state index in [0.717, 1.165) is 31.4 Å². The normalized spacial score (nSPS) is 24.9. The van der Waals surface area contributed by atoms with Crippen molar-refractivity contribution in [2.75, 3.05) is 20.1 Å². The van der Waals surface area contributed by atoms with Crippen LogP contribution in [-0.2, 0) is 0 Å². The van der Waals surface area contributed by atoms with Crippen LogP contribution in [0.4, 0.5) is 5.69 Å². The van der Waals surface area contributed by atoms with Crippen molar-refractivity contribution in [1.82, 2.24) is 4.90 Å². The molecule has 19 heavy (non-hydrogen) atoms. The molecule has 5 heteroatoms. The fraction of sp³-hybridized carbons (Fsp3) is 0.571. The van der Waals surface area contributed by atoms with Crippen LogP contribution in [0.15, 0.2) is 24.3 Å². The summed E-state index contributed by atoms with van der Waals surface area (Å²) >= 11 is 0. The second kappa shape index (κ2) is 6.12. The largest absolute Gasteiger partial charge is 0.330 e. The Hall–Kier alpha value is -1.46. The Balaban J connectivity index is 2.43. The van der Waals surface area contributed by atoms with Gasteiger partial charge in [0.1, 0.15) is 0 Å². The number of benzene rings is 1. The third-order valence-electron chi connectivity index (χ3n) is 4.01. The van der Waals surface area contributed by atoms with Crippen molar-refractivity contribution < 1.29 is 4.92 Å². The van der Waals surface area contributed by atoms with Gasteiger partial charge < -0.3 is 5.73 Å². The number of nitrogens with two attached hydrogens (primary N) is 1. The van der Waals surface area contributed by atoms with Crippen molar-refractivity contribution in [2.24, 2.45) is 11.7 Å². The van der Waals surface area contributed by atoms with Crippen LogP contribution in [0.1, 0.15) is 30.9 Å². The van der Waals surface area contributed by atoms with Gasteiger partial charge in [-0.15, -0.1) is 0 Å². The molecule has 1 fully saturated rings. The molecule has 0 aliphatic carbocycles. The lowest BCUT2D eigenvalue weighted by Gasteiger charge is -2.31. The Morgan fingerprint density at radius 1 is 1.42 bits per heavy atom. The van der Waals surface area contributed by atoms with Gasteiger partial charge in [0, 0.05) is 17.7 Å². The van der Waals surface area contributed by atoms with Crippen molar-refractivity contribution in [3.8, 4) is 0 Å². The topological polar surface area (TPSA) is 72.4 Å². The molecule has 0 spiro atoms. The lowest BCUT2D eigenvalue weighted by atomic mass is 9.88. The molecule has 0 aromatic heterocycles. The number of likely N-dealkylation sites (tertiary alicyclic amines) is 1. The molecule has 0 saturated carbocycles. The summed E-state index contributed by atoms with van der Waals surface area (Å²) in [6.45, 7) is 1.54. The van der Waals surface area contributed by atoms with Crippen molar-refractivity contribution >= 4 is 5.69 Å². The zero-order chi connectivity index (χ0) is 13.8. The van der Waals surface area contributed by atoms with Crippen LogP contribution in [0.5, 0.6) is 0 Å². The molecule has 5 nitrogen and oxygen atoms in total. The summed E-state index contributed by atoms with van der Waals surface area (Å²) in [5, 5.41) is 11.2. The zero-order valence-electron chi connectivity index (χ0n) is 11.3. The first kappa shape index (κ1) is 14.0. The van der Waals surface area contributed by atoms with E-state index in [1.807, 2.05) is 19.2 Å². The highest BCUT2D eigenvalue weighted by Crippen LogP contribution is 2.37. The van der Waals surface area contributed by atoms with Crippen LogP contribution < -0.4 is 5.73 Å². The van der Waals surface area contributed by atoms with Crippen LogP contribution in [0.2, 0.25) is 0 Å². The van der Waals surface area contributed by atoms with Crippen LogP contribution in [0, 0.1) is 16.0 Å². The third kappa shape index (κ3) is 2.93. The number of nitro benzene ring substituents is 1. The van der Waals surface area contributed by atoms with E-state index < -0.39 is 0 Å². The van der Waals surface area contributed by atoms with Gasteiger partial charge >= 0.3 is 0 Å². The molecule has 1 saturated heterocycles. The van der Waals surface area contributed by atoms with Gasteiger partial charge in [-0.3, -0.25) is 15.0 Å². The molecule has 0 bridgehead atoms. The molecule has 2 rings (SSSR count). The molecule has 104 valence electrons. The van der Waals surface area contributed by atoms with Gasteiger partial charge in [0.15, 0.2) is 0 Å². The highest BCUT2D eigenvalue weighted by atomic mass is 16.6. The van der Waals surface area contributed by atoms with E-state index in [1.165, 1.54) is 0 Å². The summed E-state index contributed by atoms with van der Waals surface area (Å²) in [7, 11) is 2.04. The number of nitrogens with zero attached hydrogens (tertiary/aromatic N) is 2. The van der Waals surface area contributed by atoms with Crippen LogP contribution in [0.3, 0.4) is 0 Å². The van der Waals surface area contributed by atoms with Crippen molar-refractivity contribution in [3.05, 3.63) is 39.9 Å². The molecule has 0 radical (unpaired) electrons. The number of rotatable bonds is 3. The molecule has 1 heterocycles. The van der Waals surface area contributed by atoms with Gasteiger partial charge in [-0.05, 0) is 38.9 Å². The maximum atomic E-state index is 11.2. The van der Waals surface area contributed by atoms with Gasteiger partial charge in [0.05, 0.1) is 4.92 Å². The average Bonchev–Trinajstić information content (AvgIpc) is 2.60. The van der Waals surface area contributed by atoms with Crippen molar-refractivity contribution in [3.63, 3.8) is 0 Å². The molecule has 1 aromatic rings. The van der Waals surface area contributed by atoms with Gasteiger partial charge in [-0.1, -0.05) is 24.6 Å². The monoisotopic (exact) mass is 263 g/mol. The SMILES string of the molecule is CN1CCCCC(CN)C1c1ccccc1[N+](=O)[O-]. The van der Waals surface area contributed by atoms with Crippen LogP contribution in [-0.4, -0.2) is 30.0 Å². The summed E-state index contributed by atoms with van der Waals surface area (Å²) in [6, 6.07) is 7.09. The predicted molar refractivity (Wildman–Crippen MR) is 74.9 cm³/mol. The van der Waals surface area contributed by atoms with E-state index in [0.29, 0.717) is 6.54 Å². The summed E-state index contributed by atoms with van der Waals surface area (Å²) in [5.74, 6) is 0.286. The first-order valence-corrected chi connectivity index (χ1v) is 6.78. The minimum atomic E-state index is -0.290. The first-order valence-electron chi connectivity index (χ1n) is 6.78. The van der Waals surface area contributed by atoms with E-state index in [2.05, 4.69) is 4.90 Å². The van der Waals surface area contributed by atoms with E-state index in [4.69, 9.17) is 5.73 Å². The Kier molecular flexibility index (Phi) is 4.50. The smallest absolute Gasteiger partial charge is 0.274 e.